The molecule has 2 aromatic heterocycles. The molecular weight excluding hydrogens is 430 g/mol. The van der Waals surface area contributed by atoms with Crippen LogP contribution >= 0.6 is 11.3 Å². The number of nitrogens with one attached hydrogen (secondary N) is 1. The van der Waals surface area contributed by atoms with E-state index >= 15 is 0 Å². The number of benzene rings is 2. The Hall–Kier alpha value is -3.77. The summed E-state index contributed by atoms with van der Waals surface area (Å²) < 4.78 is 0. The Morgan fingerprint density at radius 2 is 1.70 bits per heavy atom. The summed E-state index contributed by atoms with van der Waals surface area (Å²) in [6.45, 7) is 6.20. The number of hydrogen-bond acceptors (Lipinski definition) is 5. The lowest BCUT2D eigenvalue weighted by Crippen LogP contribution is -2.12. The number of carbonyl (C=O) groups excluding carboxylic acids is 2. The van der Waals surface area contributed by atoms with Gasteiger partial charge in [0.15, 0.2) is 5.78 Å². The van der Waals surface area contributed by atoms with Crippen LogP contribution in [0.2, 0.25) is 0 Å². The summed E-state index contributed by atoms with van der Waals surface area (Å²) in [5.74, 6) is 0.0767. The Morgan fingerprint density at radius 3 is 2.36 bits per heavy atom. The maximum atomic E-state index is 12.7. The molecule has 4 rings (SSSR count). The molecule has 0 saturated carbocycles. The number of hydrogen-bond donors (Lipinski definition) is 2. The molecule has 1 amide bonds. The van der Waals surface area contributed by atoms with E-state index in [1.807, 2.05) is 37.3 Å². The number of ketones is 1. The quantitative estimate of drug-likeness (QED) is 0.258. The number of nitrogen functional groups attached to an aromatic ring is 1. The Labute approximate surface area is 197 Å². The number of fused-ring (bicyclic) bond motifs is 1. The number of anilines is 2. The number of carbonyl (C=O) groups is 2. The van der Waals surface area contributed by atoms with E-state index in [4.69, 9.17) is 5.73 Å². The minimum absolute atomic E-state index is 0.101. The van der Waals surface area contributed by atoms with Gasteiger partial charge in [0.25, 0.3) is 5.91 Å². The highest BCUT2D eigenvalue weighted by Gasteiger charge is 2.17. The Balaban J connectivity index is 1.43. The van der Waals surface area contributed by atoms with Crippen molar-refractivity contribution in [3.05, 3.63) is 94.0 Å². The highest BCUT2D eigenvalue weighted by Crippen LogP contribution is 2.33. The predicted molar refractivity (Wildman–Crippen MR) is 137 cm³/mol. The zero-order chi connectivity index (χ0) is 23.5. The predicted octanol–water partition coefficient (Wildman–Crippen LogP) is 6.46. The second-order valence-corrected chi connectivity index (χ2v) is 9.20. The van der Waals surface area contributed by atoms with Crippen LogP contribution in [0.15, 0.2) is 66.7 Å². The molecule has 0 saturated heterocycles. The van der Waals surface area contributed by atoms with Crippen molar-refractivity contribution in [3.63, 3.8) is 0 Å². The molecule has 2 aromatic carbocycles. The number of pyridine rings is 1. The van der Waals surface area contributed by atoms with Crippen molar-refractivity contribution in [3.8, 4) is 0 Å². The van der Waals surface area contributed by atoms with Gasteiger partial charge in [-0.25, -0.2) is 4.98 Å². The first-order chi connectivity index (χ1) is 15.8. The first-order valence-corrected chi connectivity index (χ1v) is 11.5. The standard InChI is InChI=1S/C27H25N3O2S/c1-16(2)19-8-5-18(6-9-19)7-15-23(31)20-10-12-21(13-11-20)30-26(32)25-24(28)22-14-4-17(3)29-27(22)33-25/h4-16H,28H2,1-3H3,(H,30,32)/b15-7+. The molecule has 3 N–H and O–H groups in total. The van der Waals surface area contributed by atoms with Gasteiger partial charge in [-0.1, -0.05) is 44.2 Å². The number of aromatic nitrogens is 1. The average molecular weight is 456 g/mol. The summed E-state index contributed by atoms with van der Waals surface area (Å²) in [4.78, 5) is 30.9. The monoisotopic (exact) mass is 455 g/mol. The van der Waals surface area contributed by atoms with Gasteiger partial charge in [-0.05, 0) is 66.4 Å². The van der Waals surface area contributed by atoms with Crippen molar-refractivity contribution in [2.45, 2.75) is 26.7 Å². The normalized spacial score (nSPS) is 11.4. The van der Waals surface area contributed by atoms with Gasteiger partial charge in [0, 0.05) is 22.3 Å². The third-order valence-electron chi connectivity index (χ3n) is 5.40. The van der Waals surface area contributed by atoms with E-state index < -0.39 is 0 Å². The molecule has 33 heavy (non-hydrogen) atoms. The minimum atomic E-state index is -0.294. The molecule has 0 aliphatic carbocycles. The van der Waals surface area contributed by atoms with Crippen LogP contribution < -0.4 is 11.1 Å². The largest absolute Gasteiger partial charge is 0.397 e. The lowest BCUT2D eigenvalue weighted by Gasteiger charge is -2.05. The highest BCUT2D eigenvalue weighted by atomic mass is 32.1. The van der Waals surface area contributed by atoms with Crippen molar-refractivity contribution in [2.24, 2.45) is 0 Å². The van der Waals surface area contributed by atoms with Gasteiger partial charge in [-0.15, -0.1) is 11.3 Å². The second kappa shape index (κ2) is 9.38. The van der Waals surface area contributed by atoms with E-state index in [1.54, 1.807) is 30.3 Å². The van der Waals surface area contributed by atoms with Gasteiger partial charge in [0.05, 0.1) is 5.69 Å². The highest BCUT2D eigenvalue weighted by molar-refractivity contribution is 7.21. The fraction of sp³-hybridized carbons (Fsp3) is 0.148. The summed E-state index contributed by atoms with van der Waals surface area (Å²) in [6.07, 6.45) is 3.37. The van der Waals surface area contributed by atoms with Gasteiger partial charge >= 0.3 is 0 Å². The summed E-state index contributed by atoms with van der Waals surface area (Å²) in [5, 5.41) is 3.63. The lowest BCUT2D eigenvalue weighted by molar-refractivity contribution is 0.102. The van der Waals surface area contributed by atoms with Crippen molar-refractivity contribution in [1.29, 1.82) is 0 Å². The van der Waals surface area contributed by atoms with E-state index in [0.29, 0.717) is 27.7 Å². The van der Waals surface area contributed by atoms with Gasteiger partial charge in [0.2, 0.25) is 0 Å². The number of allylic oxidation sites excluding steroid dienone is 1. The second-order valence-electron chi connectivity index (χ2n) is 8.20. The molecule has 0 atom stereocenters. The molecule has 0 spiro atoms. The van der Waals surface area contributed by atoms with Gasteiger partial charge in [0.1, 0.15) is 9.71 Å². The van der Waals surface area contributed by atoms with Crippen LogP contribution in [0.1, 0.15) is 56.6 Å². The van der Waals surface area contributed by atoms with Crippen LogP contribution in [-0.4, -0.2) is 16.7 Å². The summed E-state index contributed by atoms with van der Waals surface area (Å²) in [7, 11) is 0. The van der Waals surface area contributed by atoms with Crippen molar-refractivity contribution in [1.82, 2.24) is 4.98 Å². The molecular formula is C27H25N3O2S. The molecule has 6 heteroatoms. The number of thiophene rings is 1. The molecule has 0 bridgehead atoms. The number of nitrogens with zero attached hydrogens (tertiary/aromatic N) is 1. The van der Waals surface area contributed by atoms with Crippen LogP contribution in [0.25, 0.3) is 16.3 Å². The molecule has 166 valence electrons. The van der Waals surface area contributed by atoms with Gasteiger partial charge in [-0.2, -0.15) is 0 Å². The van der Waals surface area contributed by atoms with Crippen LogP contribution in [0.3, 0.4) is 0 Å². The summed E-state index contributed by atoms with van der Waals surface area (Å²) in [6, 6.07) is 18.7. The molecule has 5 nitrogen and oxygen atoms in total. The zero-order valence-corrected chi connectivity index (χ0v) is 19.6. The topological polar surface area (TPSA) is 85.1 Å². The van der Waals surface area contributed by atoms with Gasteiger partial charge in [-0.3, -0.25) is 9.59 Å². The minimum Gasteiger partial charge on any atom is -0.397 e. The fourth-order valence-electron chi connectivity index (χ4n) is 3.42. The number of rotatable bonds is 6. The van der Waals surface area contributed by atoms with Crippen molar-refractivity contribution in [2.75, 3.05) is 11.1 Å². The third-order valence-corrected chi connectivity index (χ3v) is 6.51. The molecule has 0 radical (unpaired) electrons. The molecule has 0 aliphatic heterocycles. The van der Waals surface area contributed by atoms with Gasteiger partial charge < -0.3 is 11.1 Å². The number of nitrogens with two attached hydrogens (primary N) is 1. The zero-order valence-electron chi connectivity index (χ0n) is 18.8. The Bertz CT molecular complexity index is 1350. The first-order valence-electron chi connectivity index (χ1n) is 10.7. The van der Waals surface area contributed by atoms with E-state index in [0.717, 1.165) is 21.5 Å². The maximum Gasteiger partial charge on any atom is 0.267 e. The number of aryl methyl sites for hydroxylation is 1. The molecule has 0 fully saturated rings. The average Bonchev–Trinajstić information content (AvgIpc) is 3.13. The van der Waals surface area contributed by atoms with E-state index in [-0.39, 0.29) is 11.7 Å². The molecule has 2 heterocycles. The maximum absolute atomic E-state index is 12.7. The Morgan fingerprint density at radius 1 is 1.00 bits per heavy atom. The molecule has 0 aliphatic rings. The fourth-order valence-corrected chi connectivity index (χ4v) is 4.46. The summed E-state index contributed by atoms with van der Waals surface area (Å²) in [5.41, 5.74) is 10.8. The smallest absolute Gasteiger partial charge is 0.267 e. The van der Waals surface area contributed by atoms with Crippen LogP contribution in [-0.2, 0) is 0 Å². The first kappa shape index (κ1) is 22.4. The third kappa shape index (κ3) is 5.02. The Kier molecular flexibility index (Phi) is 6.38. The van der Waals surface area contributed by atoms with Crippen molar-refractivity contribution >= 4 is 50.7 Å². The molecule has 4 aromatic rings. The lowest BCUT2D eigenvalue weighted by atomic mass is 10.0. The van der Waals surface area contributed by atoms with Crippen LogP contribution in [0.5, 0.6) is 0 Å². The van der Waals surface area contributed by atoms with E-state index in [1.165, 1.54) is 16.9 Å². The summed E-state index contributed by atoms with van der Waals surface area (Å²) >= 11 is 1.27. The SMILES string of the molecule is Cc1ccc2c(N)c(C(=O)Nc3ccc(C(=O)/C=C/c4ccc(C(C)C)cc4)cc3)sc2n1. The van der Waals surface area contributed by atoms with Crippen LogP contribution in [0.4, 0.5) is 11.4 Å². The van der Waals surface area contributed by atoms with E-state index in [2.05, 4.69) is 36.3 Å². The number of amides is 1. The van der Waals surface area contributed by atoms with Crippen molar-refractivity contribution < 1.29 is 9.59 Å². The van der Waals surface area contributed by atoms with E-state index in [9.17, 15) is 9.59 Å². The molecule has 0 unspecified atom stereocenters. The van der Waals surface area contributed by atoms with Crippen LogP contribution in [0, 0.1) is 6.92 Å².